The largest absolute Gasteiger partial charge is 0.304 e. The van der Waals surface area contributed by atoms with Crippen LogP contribution in [0.4, 0.5) is 0 Å². The van der Waals surface area contributed by atoms with Crippen LogP contribution >= 0.6 is 11.6 Å². The lowest BCUT2D eigenvalue weighted by molar-refractivity contribution is 0.164. The first-order chi connectivity index (χ1) is 5.72. The van der Waals surface area contributed by atoms with E-state index in [4.69, 9.17) is 11.6 Å². The van der Waals surface area contributed by atoms with Crippen LogP contribution in [0.2, 0.25) is 0 Å². The van der Waals surface area contributed by atoms with Gasteiger partial charge in [0.05, 0.1) is 0 Å². The van der Waals surface area contributed by atoms with Crippen molar-refractivity contribution >= 4 is 11.6 Å². The van der Waals surface area contributed by atoms with E-state index in [0.29, 0.717) is 0 Å². The zero-order valence-corrected chi connectivity index (χ0v) is 8.64. The van der Waals surface area contributed by atoms with E-state index < -0.39 is 0 Å². The minimum absolute atomic E-state index is 1.03. The van der Waals surface area contributed by atoms with Gasteiger partial charge in [0.25, 0.3) is 0 Å². The Labute approximate surface area is 79.8 Å². The summed E-state index contributed by atoms with van der Waals surface area (Å²) >= 11 is 5.60. The molecule has 0 saturated carbocycles. The smallest absolute Gasteiger partial charge is 0.0202 e. The minimum atomic E-state index is 1.03. The summed E-state index contributed by atoms with van der Waals surface area (Å²) in [5.41, 5.74) is 2.93. The number of nitrogens with zero attached hydrogens (tertiary/aromatic N) is 2. The lowest BCUT2D eigenvalue weighted by Gasteiger charge is -2.32. The topological polar surface area (TPSA) is 6.48 Å². The van der Waals surface area contributed by atoms with Crippen LogP contribution in [0, 0.1) is 0 Å². The molecule has 70 valence electrons. The highest BCUT2D eigenvalue weighted by Gasteiger charge is 2.12. The molecular weight excluding hydrogens is 172 g/mol. The highest BCUT2D eigenvalue weighted by Crippen LogP contribution is 2.03. The van der Waals surface area contributed by atoms with Gasteiger partial charge in [-0.05, 0) is 19.5 Å². The maximum absolute atomic E-state index is 5.60. The predicted octanol–water partition coefficient (Wildman–Crippen LogP) is 1.38. The SMILES string of the molecule is C/C(=C\Cl)CN1CCN(C)CC1. The molecule has 1 aliphatic heterocycles. The molecule has 0 N–H and O–H groups in total. The van der Waals surface area contributed by atoms with Crippen molar-refractivity contribution in [3.8, 4) is 0 Å². The van der Waals surface area contributed by atoms with E-state index in [-0.39, 0.29) is 0 Å². The van der Waals surface area contributed by atoms with Crippen LogP contribution in [0.15, 0.2) is 11.1 Å². The van der Waals surface area contributed by atoms with Crippen molar-refractivity contribution in [2.45, 2.75) is 6.92 Å². The first-order valence-corrected chi connectivity index (χ1v) is 4.83. The second-order valence-electron chi connectivity index (χ2n) is 3.53. The molecular formula is C9H17ClN2. The Bertz CT molecular complexity index is 160. The second kappa shape index (κ2) is 4.85. The molecule has 1 aliphatic rings. The predicted molar refractivity (Wildman–Crippen MR) is 53.5 cm³/mol. The van der Waals surface area contributed by atoms with Gasteiger partial charge in [-0.3, -0.25) is 4.90 Å². The molecule has 0 radical (unpaired) electrons. The van der Waals surface area contributed by atoms with Crippen LogP contribution < -0.4 is 0 Å². The zero-order valence-electron chi connectivity index (χ0n) is 7.89. The van der Waals surface area contributed by atoms with E-state index in [1.807, 2.05) is 0 Å². The summed E-state index contributed by atoms with van der Waals surface area (Å²) in [5, 5.41) is 0. The van der Waals surface area contributed by atoms with E-state index in [0.717, 1.165) is 6.54 Å². The molecule has 0 amide bonds. The van der Waals surface area contributed by atoms with E-state index in [9.17, 15) is 0 Å². The average Bonchev–Trinajstić information content (AvgIpc) is 2.09. The Hall–Kier alpha value is -0.0500. The van der Waals surface area contributed by atoms with Crippen molar-refractivity contribution in [2.24, 2.45) is 0 Å². The number of piperazine rings is 1. The number of hydrogen-bond donors (Lipinski definition) is 0. The Kier molecular flexibility index (Phi) is 4.06. The zero-order chi connectivity index (χ0) is 8.97. The highest BCUT2D eigenvalue weighted by atomic mass is 35.5. The van der Waals surface area contributed by atoms with Gasteiger partial charge in [0.1, 0.15) is 0 Å². The Balaban J connectivity index is 2.26. The molecule has 1 heterocycles. The maximum atomic E-state index is 5.60. The quantitative estimate of drug-likeness (QED) is 0.646. The van der Waals surface area contributed by atoms with Gasteiger partial charge in [-0.25, -0.2) is 0 Å². The van der Waals surface area contributed by atoms with Gasteiger partial charge in [-0.2, -0.15) is 0 Å². The normalized spacial score (nSPS) is 23.1. The highest BCUT2D eigenvalue weighted by molar-refractivity contribution is 6.25. The molecule has 0 aromatic carbocycles. The molecule has 3 heteroatoms. The number of likely N-dealkylation sites (N-methyl/N-ethyl adjacent to an activating group) is 1. The van der Waals surface area contributed by atoms with Crippen LogP contribution in [0.5, 0.6) is 0 Å². The summed E-state index contributed by atoms with van der Waals surface area (Å²) in [6.07, 6.45) is 0. The molecule has 1 rings (SSSR count). The fraction of sp³-hybridized carbons (Fsp3) is 0.778. The molecule has 1 fully saturated rings. The fourth-order valence-corrected chi connectivity index (χ4v) is 1.46. The first-order valence-electron chi connectivity index (χ1n) is 4.39. The van der Waals surface area contributed by atoms with Crippen molar-refractivity contribution in [1.82, 2.24) is 9.80 Å². The van der Waals surface area contributed by atoms with Gasteiger partial charge < -0.3 is 4.90 Å². The lowest BCUT2D eigenvalue weighted by Crippen LogP contribution is -2.44. The van der Waals surface area contributed by atoms with Gasteiger partial charge in [0.15, 0.2) is 0 Å². The third kappa shape index (κ3) is 3.13. The van der Waals surface area contributed by atoms with Crippen molar-refractivity contribution in [3.63, 3.8) is 0 Å². The molecule has 2 nitrogen and oxygen atoms in total. The van der Waals surface area contributed by atoms with Crippen LogP contribution in [-0.2, 0) is 0 Å². The molecule has 0 bridgehead atoms. The monoisotopic (exact) mass is 188 g/mol. The maximum Gasteiger partial charge on any atom is 0.0202 e. The number of rotatable bonds is 2. The van der Waals surface area contributed by atoms with Crippen LogP contribution in [0.1, 0.15) is 6.92 Å². The van der Waals surface area contributed by atoms with E-state index in [1.54, 1.807) is 5.54 Å². The molecule has 1 saturated heterocycles. The van der Waals surface area contributed by atoms with E-state index in [1.165, 1.54) is 31.8 Å². The van der Waals surface area contributed by atoms with Crippen molar-refractivity contribution in [2.75, 3.05) is 39.8 Å². The third-order valence-corrected chi connectivity index (χ3v) is 2.63. The van der Waals surface area contributed by atoms with Crippen LogP contribution in [0.3, 0.4) is 0 Å². The van der Waals surface area contributed by atoms with Gasteiger partial charge >= 0.3 is 0 Å². The number of halogens is 1. The third-order valence-electron chi connectivity index (χ3n) is 2.26. The van der Waals surface area contributed by atoms with Gasteiger partial charge in [-0.15, -0.1) is 0 Å². The van der Waals surface area contributed by atoms with Gasteiger partial charge in [-0.1, -0.05) is 11.6 Å². The Morgan fingerprint density at radius 3 is 2.42 bits per heavy atom. The summed E-state index contributed by atoms with van der Waals surface area (Å²) < 4.78 is 0. The van der Waals surface area contributed by atoms with Crippen molar-refractivity contribution in [3.05, 3.63) is 11.1 Å². The van der Waals surface area contributed by atoms with E-state index in [2.05, 4.69) is 23.8 Å². The van der Waals surface area contributed by atoms with Gasteiger partial charge in [0.2, 0.25) is 0 Å². The summed E-state index contributed by atoms with van der Waals surface area (Å²) in [6.45, 7) is 7.78. The van der Waals surface area contributed by atoms with Crippen LogP contribution in [0.25, 0.3) is 0 Å². The molecule has 0 atom stereocenters. The summed E-state index contributed by atoms with van der Waals surface area (Å²) in [6, 6.07) is 0. The standard InChI is InChI=1S/C9H17ClN2/c1-9(7-10)8-12-5-3-11(2)4-6-12/h7H,3-6,8H2,1-2H3/b9-7+. The molecule has 0 aliphatic carbocycles. The molecule has 0 aromatic heterocycles. The fourth-order valence-electron chi connectivity index (χ4n) is 1.39. The summed E-state index contributed by atoms with van der Waals surface area (Å²) in [7, 11) is 2.17. The summed E-state index contributed by atoms with van der Waals surface area (Å²) in [5.74, 6) is 0. The van der Waals surface area contributed by atoms with Crippen molar-refractivity contribution < 1.29 is 0 Å². The lowest BCUT2D eigenvalue weighted by atomic mass is 10.2. The average molecular weight is 189 g/mol. The minimum Gasteiger partial charge on any atom is -0.304 e. The molecule has 12 heavy (non-hydrogen) atoms. The summed E-state index contributed by atoms with van der Waals surface area (Å²) in [4.78, 5) is 4.80. The van der Waals surface area contributed by atoms with Crippen LogP contribution in [-0.4, -0.2) is 49.6 Å². The molecule has 0 unspecified atom stereocenters. The molecule has 0 aromatic rings. The Morgan fingerprint density at radius 2 is 1.92 bits per heavy atom. The first kappa shape index (κ1) is 10.0. The molecule has 0 spiro atoms. The second-order valence-corrected chi connectivity index (χ2v) is 3.75. The van der Waals surface area contributed by atoms with Crippen molar-refractivity contribution in [1.29, 1.82) is 0 Å². The Morgan fingerprint density at radius 1 is 1.33 bits per heavy atom. The van der Waals surface area contributed by atoms with E-state index >= 15 is 0 Å². The number of hydrogen-bond acceptors (Lipinski definition) is 2. The van der Waals surface area contributed by atoms with Gasteiger partial charge in [0, 0.05) is 38.3 Å².